The smallest absolute Gasteiger partial charge is 0.342 e. The summed E-state index contributed by atoms with van der Waals surface area (Å²) in [6, 6.07) is 0. The van der Waals surface area contributed by atoms with Crippen LogP contribution >= 0.6 is 7.60 Å². The summed E-state index contributed by atoms with van der Waals surface area (Å²) >= 11 is 0. The van der Waals surface area contributed by atoms with Crippen molar-refractivity contribution in [1.82, 2.24) is 0 Å². The molecule has 41 heavy (non-hydrogen) atoms. The first-order valence-corrected chi connectivity index (χ1v) is 16.8. The highest BCUT2D eigenvalue weighted by molar-refractivity contribution is 7.56. The Morgan fingerprint density at radius 3 is 2.54 bits per heavy atom. The molecule has 0 saturated heterocycles. The Hall–Kier alpha value is -1.82. The summed E-state index contributed by atoms with van der Waals surface area (Å²) < 4.78 is 18.7. The minimum Gasteiger partial charge on any atom is -0.393 e. The average Bonchev–Trinajstić information content (AvgIpc) is 3.28. The van der Waals surface area contributed by atoms with Gasteiger partial charge in [0.25, 0.3) is 0 Å². The van der Waals surface area contributed by atoms with Gasteiger partial charge in [0.05, 0.1) is 18.8 Å². The third kappa shape index (κ3) is 7.05. The maximum Gasteiger partial charge on any atom is 0.342 e. The molecular formula is C34H51O6P. The van der Waals surface area contributed by atoms with E-state index in [1.807, 2.05) is 13.0 Å². The highest BCUT2D eigenvalue weighted by Crippen LogP contribution is 2.61. The molecule has 3 rings (SSSR count). The van der Waals surface area contributed by atoms with Crippen molar-refractivity contribution in [2.45, 2.75) is 102 Å². The molecule has 228 valence electrons. The molecule has 0 radical (unpaired) electrons. The average molecular weight is 587 g/mol. The maximum absolute atomic E-state index is 13.6. The molecule has 0 aromatic heterocycles. The minimum absolute atomic E-state index is 0.0292. The minimum atomic E-state index is -4.30. The quantitative estimate of drug-likeness (QED) is 0.118. The zero-order valence-corrected chi connectivity index (χ0v) is 26.2. The second kappa shape index (κ2) is 14.1. The van der Waals surface area contributed by atoms with E-state index in [1.54, 1.807) is 0 Å². The fourth-order valence-corrected chi connectivity index (χ4v) is 9.36. The lowest BCUT2D eigenvalue weighted by Gasteiger charge is -2.44. The molecular weight excluding hydrogens is 535 g/mol. The number of carbonyl (C=O) groups excluding carboxylic acids is 1. The number of ketones is 1. The van der Waals surface area contributed by atoms with Crippen LogP contribution < -0.4 is 0 Å². The summed E-state index contributed by atoms with van der Waals surface area (Å²) in [6.07, 6.45) is 16.3. The Morgan fingerprint density at radius 1 is 1.22 bits per heavy atom. The molecule has 0 aliphatic heterocycles. The molecule has 3 N–H and O–H groups in total. The molecule has 0 bridgehead atoms. The SMILES string of the molecule is C=CCC(CC=C)(C(=O)C=C[C@@H](C)[C@H]1CCC2C(=CC=C3C[C@@H](O)C[C@H](O)C3=C)CCC[C@@]21C)P(=O)(O)OCCC. The van der Waals surface area contributed by atoms with Crippen LogP contribution in [-0.4, -0.2) is 44.9 Å². The third-order valence-electron chi connectivity index (χ3n) is 9.92. The zero-order chi connectivity index (χ0) is 30.4. The Balaban J connectivity index is 1.82. The zero-order valence-electron chi connectivity index (χ0n) is 25.3. The van der Waals surface area contributed by atoms with Crippen LogP contribution in [0.4, 0.5) is 0 Å². The van der Waals surface area contributed by atoms with Crippen LogP contribution in [0, 0.1) is 23.2 Å². The predicted molar refractivity (Wildman–Crippen MR) is 166 cm³/mol. The van der Waals surface area contributed by atoms with Gasteiger partial charge in [0.15, 0.2) is 5.78 Å². The number of allylic oxidation sites excluding steroid dienone is 7. The normalized spacial score (nSPS) is 33.1. The molecule has 0 spiro atoms. The van der Waals surface area contributed by atoms with Gasteiger partial charge >= 0.3 is 7.60 Å². The molecule has 3 aliphatic carbocycles. The number of rotatable bonds is 13. The number of fused-ring (bicyclic) bond motifs is 1. The van der Waals surface area contributed by atoms with Crippen LogP contribution in [0.1, 0.15) is 85.0 Å². The van der Waals surface area contributed by atoms with Crippen LogP contribution in [0.3, 0.4) is 0 Å². The van der Waals surface area contributed by atoms with Crippen molar-refractivity contribution in [3.8, 4) is 0 Å². The summed E-state index contributed by atoms with van der Waals surface area (Å²) in [5.41, 5.74) is 3.11. The van der Waals surface area contributed by atoms with Crippen LogP contribution in [0.25, 0.3) is 0 Å². The molecule has 3 aliphatic rings. The topological polar surface area (TPSA) is 104 Å². The summed E-state index contributed by atoms with van der Waals surface area (Å²) in [6.45, 7) is 18.0. The van der Waals surface area contributed by atoms with Gasteiger partial charge in [0.1, 0.15) is 5.16 Å². The fraction of sp³-hybridized carbons (Fsp3) is 0.618. The monoisotopic (exact) mass is 586 g/mol. The van der Waals surface area contributed by atoms with E-state index in [0.29, 0.717) is 36.7 Å². The van der Waals surface area contributed by atoms with E-state index < -0.39 is 30.7 Å². The lowest BCUT2D eigenvalue weighted by molar-refractivity contribution is -0.117. The summed E-state index contributed by atoms with van der Waals surface area (Å²) in [7, 11) is -4.30. The van der Waals surface area contributed by atoms with Crippen LogP contribution in [0.15, 0.2) is 72.9 Å². The number of aliphatic hydroxyl groups is 2. The Morgan fingerprint density at radius 2 is 1.90 bits per heavy atom. The molecule has 0 aromatic rings. The Labute approximate surface area is 247 Å². The lowest BCUT2D eigenvalue weighted by Crippen LogP contribution is -2.38. The van der Waals surface area contributed by atoms with Crippen LogP contribution in [0.5, 0.6) is 0 Å². The number of aliphatic hydroxyl groups excluding tert-OH is 2. The first kappa shape index (κ1) is 33.7. The van der Waals surface area contributed by atoms with Crippen molar-refractivity contribution in [2.75, 3.05) is 6.61 Å². The third-order valence-corrected chi connectivity index (χ3v) is 12.1. The number of hydrogen-bond donors (Lipinski definition) is 3. The van der Waals surface area contributed by atoms with Gasteiger partial charge in [0.2, 0.25) is 0 Å². The van der Waals surface area contributed by atoms with E-state index in [2.05, 4.69) is 45.7 Å². The Kier molecular flexibility index (Phi) is 11.6. The highest BCUT2D eigenvalue weighted by Gasteiger charge is 2.53. The molecule has 7 atom stereocenters. The molecule has 3 saturated carbocycles. The van der Waals surface area contributed by atoms with E-state index in [-0.39, 0.29) is 30.8 Å². The van der Waals surface area contributed by atoms with Crippen LogP contribution in [-0.2, 0) is 13.9 Å². The van der Waals surface area contributed by atoms with Gasteiger partial charge in [-0.1, -0.05) is 63.3 Å². The van der Waals surface area contributed by atoms with E-state index in [0.717, 1.165) is 37.7 Å². The number of hydrogen-bond acceptors (Lipinski definition) is 5. The molecule has 7 heteroatoms. The molecule has 6 nitrogen and oxygen atoms in total. The second-order valence-corrected chi connectivity index (χ2v) is 14.8. The van der Waals surface area contributed by atoms with Crippen molar-refractivity contribution >= 4 is 13.4 Å². The van der Waals surface area contributed by atoms with Gasteiger partial charge in [-0.25, -0.2) is 0 Å². The number of carbonyl (C=O) groups is 1. The van der Waals surface area contributed by atoms with Crippen molar-refractivity contribution in [2.24, 2.45) is 23.2 Å². The first-order chi connectivity index (χ1) is 19.4. The van der Waals surface area contributed by atoms with Crippen molar-refractivity contribution < 1.29 is 29.0 Å². The maximum atomic E-state index is 13.6. The first-order valence-electron chi connectivity index (χ1n) is 15.2. The molecule has 2 unspecified atom stereocenters. The van der Waals surface area contributed by atoms with Crippen LogP contribution in [0.2, 0.25) is 0 Å². The lowest BCUT2D eigenvalue weighted by atomic mass is 9.61. The largest absolute Gasteiger partial charge is 0.393 e. The molecule has 0 aromatic carbocycles. The van der Waals surface area contributed by atoms with E-state index in [4.69, 9.17) is 4.52 Å². The summed E-state index contributed by atoms with van der Waals surface area (Å²) in [4.78, 5) is 24.6. The Bertz CT molecular complexity index is 1120. The predicted octanol–water partition coefficient (Wildman–Crippen LogP) is 7.39. The van der Waals surface area contributed by atoms with Gasteiger partial charge < -0.3 is 19.6 Å². The molecule has 0 amide bonds. The highest BCUT2D eigenvalue weighted by atomic mass is 31.2. The van der Waals surface area contributed by atoms with E-state index in [1.165, 1.54) is 23.8 Å². The van der Waals surface area contributed by atoms with Gasteiger partial charge in [-0.05, 0) is 98.2 Å². The van der Waals surface area contributed by atoms with Crippen molar-refractivity contribution in [3.63, 3.8) is 0 Å². The van der Waals surface area contributed by atoms with Crippen molar-refractivity contribution in [1.29, 1.82) is 0 Å². The van der Waals surface area contributed by atoms with Gasteiger partial charge in [0, 0.05) is 6.42 Å². The fourth-order valence-electron chi connectivity index (χ4n) is 7.61. The molecule has 3 fully saturated rings. The second-order valence-electron chi connectivity index (χ2n) is 12.6. The van der Waals surface area contributed by atoms with Crippen molar-refractivity contribution in [3.05, 3.63) is 72.9 Å². The van der Waals surface area contributed by atoms with E-state index in [9.17, 15) is 24.5 Å². The standard InChI is InChI=1S/C34H51O6P/c1-7-18-34(19-8-2,41(38,39)40-21-9-3)32(37)17-12-24(4)29-15-16-30-26(11-10-20-33(29,30)6)13-14-27-22-28(35)23-31(36)25(27)5/h7-8,12-14,17,24,28-31,35-36H,1-2,5,9-11,15-16,18-23H2,3-4,6H3,(H,38,39)/t24-,28-,29-,30?,31+,33-/m1/s1. The molecule has 0 heterocycles. The van der Waals surface area contributed by atoms with Gasteiger partial charge in [-0.2, -0.15) is 0 Å². The summed E-state index contributed by atoms with van der Waals surface area (Å²) in [5.74, 6) is 0.484. The van der Waals surface area contributed by atoms with Gasteiger partial charge in [-0.15, -0.1) is 13.2 Å². The van der Waals surface area contributed by atoms with E-state index >= 15 is 0 Å². The van der Waals surface area contributed by atoms with Gasteiger partial charge in [-0.3, -0.25) is 9.36 Å². The summed E-state index contributed by atoms with van der Waals surface area (Å²) in [5, 5.41) is 18.7.